The molecular formula is C23H23BrN2O. The third kappa shape index (κ3) is 5.97. The normalized spacial score (nSPS) is 10.4. The van der Waals surface area contributed by atoms with Gasteiger partial charge in [0.2, 0.25) is 0 Å². The SMILES string of the molecule is O=C(NCCc1ccccc1Br)N(Cc1ccccc1)Cc1ccccc1. The van der Waals surface area contributed by atoms with Crippen molar-refractivity contribution in [1.29, 1.82) is 0 Å². The van der Waals surface area contributed by atoms with Crippen molar-refractivity contribution in [2.24, 2.45) is 0 Å². The van der Waals surface area contributed by atoms with E-state index in [0.717, 1.165) is 22.0 Å². The lowest BCUT2D eigenvalue weighted by Gasteiger charge is -2.23. The molecule has 3 aromatic carbocycles. The molecule has 3 rings (SSSR count). The Hall–Kier alpha value is -2.59. The van der Waals surface area contributed by atoms with Crippen LogP contribution in [0.15, 0.2) is 89.4 Å². The molecule has 0 saturated heterocycles. The molecule has 0 saturated carbocycles. The van der Waals surface area contributed by atoms with Crippen molar-refractivity contribution < 1.29 is 4.79 Å². The van der Waals surface area contributed by atoms with Crippen molar-refractivity contribution in [1.82, 2.24) is 10.2 Å². The second-order valence-corrected chi connectivity index (χ2v) is 7.25. The highest BCUT2D eigenvalue weighted by atomic mass is 79.9. The summed E-state index contributed by atoms with van der Waals surface area (Å²) in [5.74, 6) is 0. The van der Waals surface area contributed by atoms with Gasteiger partial charge in [-0.05, 0) is 29.2 Å². The molecular weight excluding hydrogens is 400 g/mol. The molecule has 0 aliphatic rings. The fourth-order valence-electron chi connectivity index (χ4n) is 2.92. The van der Waals surface area contributed by atoms with Crippen LogP contribution in [0, 0.1) is 0 Å². The van der Waals surface area contributed by atoms with Gasteiger partial charge in [0.1, 0.15) is 0 Å². The minimum absolute atomic E-state index is 0.0465. The van der Waals surface area contributed by atoms with E-state index in [0.29, 0.717) is 19.6 Å². The van der Waals surface area contributed by atoms with E-state index in [1.54, 1.807) is 0 Å². The minimum Gasteiger partial charge on any atom is -0.338 e. The Morgan fingerprint density at radius 2 is 1.30 bits per heavy atom. The van der Waals surface area contributed by atoms with Crippen LogP contribution in [0.4, 0.5) is 4.79 Å². The number of rotatable bonds is 7. The van der Waals surface area contributed by atoms with E-state index in [4.69, 9.17) is 0 Å². The molecule has 0 fully saturated rings. The summed E-state index contributed by atoms with van der Waals surface area (Å²) in [6, 6.07) is 28.2. The number of carbonyl (C=O) groups excluding carboxylic acids is 1. The lowest BCUT2D eigenvalue weighted by molar-refractivity contribution is 0.192. The number of urea groups is 1. The first-order valence-electron chi connectivity index (χ1n) is 9.06. The summed E-state index contributed by atoms with van der Waals surface area (Å²) >= 11 is 3.56. The fourth-order valence-corrected chi connectivity index (χ4v) is 3.41. The van der Waals surface area contributed by atoms with Crippen molar-refractivity contribution in [3.63, 3.8) is 0 Å². The van der Waals surface area contributed by atoms with Gasteiger partial charge in [-0.1, -0.05) is 94.8 Å². The highest BCUT2D eigenvalue weighted by Gasteiger charge is 2.14. The van der Waals surface area contributed by atoms with Crippen molar-refractivity contribution in [3.8, 4) is 0 Å². The number of amides is 2. The van der Waals surface area contributed by atoms with Crippen LogP contribution in [0.5, 0.6) is 0 Å². The van der Waals surface area contributed by atoms with E-state index >= 15 is 0 Å². The highest BCUT2D eigenvalue weighted by Crippen LogP contribution is 2.16. The Labute approximate surface area is 169 Å². The van der Waals surface area contributed by atoms with Gasteiger partial charge >= 0.3 is 6.03 Å². The van der Waals surface area contributed by atoms with E-state index in [-0.39, 0.29) is 6.03 Å². The average molecular weight is 423 g/mol. The van der Waals surface area contributed by atoms with Crippen LogP contribution in [-0.4, -0.2) is 17.5 Å². The van der Waals surface area contributed by atoms with Gasteiger partial charge < -0.3 is 10.2 Å². The molecule has 3 nitrogen and oxygen atoms in total. The van der Waals surface area contributed by atoms with Gasteiger partial charge in [-0.2, -0.15) is 0 Å². The highest BCUT2D eigenvalue weighted by molar-refractivity contribution is 9.10. The molecule has 138 valence electrons. The molecule has 0 aromatic heterocycles. The minimum atomic E-state index is -0.0465. The van der Waals surface area contributed by atoms with Gasteiger partial charge in [0.05, 0.1) is 0 Å². The van der Waals surface area contributed by atoms with E-state index in [2.05, 4.69) is 27.3 Å². The molecule has 0 unspecified atom stereocenters. The first kappa shape index (κ1) is 19.2. The third-order valence-electron chi connectivity index (χ3n) is 4.35. The van der Waals surface area contributed by atoms with Crippen molar-refractivity contribution >= 4 is 22.0 Å². The molecule has 0 radical (unpaired) electrons. The van der Waals surface area contributed by atoms with Crippen LogP contribution in [0.2, 0.25) is 0 Å². The summed E-state index contributed by atoms with van der Waals surface area (Å²) in [6.07, 6.45) is 0.789. The summed E-state index contributed by atoms with van der Waals surface area (Å²) in [4.78, 5) is 14.7. The topological polar surface area (TPSA) is 32.3 Å². The van der Waals surface area contributed by atoms with E-state index < -0.39 is 0 Å². The Balaban J connectivity index is 1.63. The molecule has 4 heteroatoms. The first-order valence-corrected chi connectivity index (χ1v) is 9.86. The number of nitrogens with one attached hydrogen (secondary N) is 1. The van der Waals surface area contributed by atoms with Crippen LogP contribution in [0.1, 0.15) is 16.7 Å². The quantitative estimate of drug-likeness (QED) is 0.542. The van der Waals surface area contributed by atoms with E-state index in [9.17, 15) is 4.79 Å². The molecule has 0 aliphatic carbocycles. The van der Waals surface area contributed by atoms with Gasteiger partial charge in [-0.25, -0.2) is 4.79 Å². The Morgan fingerprint density at radius 1 is 0.778 bits per heavy atom. The largest absolute Gasteiger partial charge is 0.338 e. The monoisotopic (exact) mass is 422 g/mol. The second kappa shape index (κ2) is 9.93. The standard InChI is InChI=1S/C23H23BrN2O/c24-22-14-8-7-13-21(22)15-16-25-23(27)26(17-19-9-3-1-4-10-19)18-20-11-5-2-6-12-20/h1-14H,15-18H2,(H,25,27). The van der Waals surface area contributed by atoms with Gasteiger partial charge in [-0.15, -0.1) is 0 Å². The number of carbonyl (C=O) groups is 1. The average Bonchev–Trinajstić information content (AvgIpc) is 2.70. The van der Waals surface area contributed by atoms with Gasteiger partial charge in [0, 0.05) is 24.1 Å². The zero-order valence-corrected chi connectivity index (χ0v) is 16.7. The summed E-state index contributed by atoms with van der Waals surface area (Å²) in [7, 11) is 0. The Kier molecular flexibility index (Phi) is 7.05. The van der Waals surface area contributed by atoms with E-state index in [1.165, 1.54) is 5.56 Å². The number of hydrogen-bond donors (Lipinski definition) is 1. The van der Waals surface area contributed by atoms with Crippen LogP contribution < -0.4 is 5.32 Å². The maximum Gasteiger partial charge on any atom is 0.318 e. The van der Waals surface area contributed by atoms with E-state index in [1.807, 2.05) is 83.8 Å². The molecule has 2 amide bonds. The lowest BCUT2D eigenvalue weighted by Crippen LogP contribution is -2.40. The Morgan fingerprint density at radius 3 is 1.85 bits per heavy atom. The molecule has 0 spiro atoms. The first-order chi connectivity index (χ1) is 13.2. The molecule has 0 bridgehead atoms. The predicted molar refractivity (Wildman–Crippen MR) is 113 cm³/mol. The van der Waals surface area contributed by atoms with Crippen molar-refractivity contribution in [2.45, 2.75) is 19.5 Å². The predicted octanol–water partition coefficient (Wildman–Crippen LogP) is 5.40. The molecule has 3 aromatic rings. The fraction of sp³-hybridized carbons (Fsp3) is 0.174. The maximum absolute atomic E-state index is 12.8. The van der Waals surface area contributed by atoms with Gasteiger partial charge in [0.25, 0.3) is 0 Å². The molecule has 0 aliphatic heterocycles. The summed E-state index contributed by atoms with van der Waals surface area (Å²) in [6.45, 7) is 1.76. The number of nitrogens with zero attached hydrogens (tertiary/aromatic N) is 1. The second-order valence-electron chi connectivity index (χ2n) is 6.40. The Bertz CT molecular complexity index is 811. The number of hydrogen-bond acceptors (Lipinski definition) is 1. The molecule has 1 N–H and O–H groups in total. The van der Waals surface area contributed by atoms with Crippen molar-refractivity contribution in [3.05, 3.63) is 106 Å². The van der Waals surface area contributed by atoms with Crippen molar-refractivity contribution in [2.75, 3.05) is 6.54 Å². The summed E-state index contributed by atoms with van der Waals surface area (Å²) < 4.78 is 1.07. The van der Waals surface area contributed by atoms with Crippen LogP contribution >= 0.6 is 15.9 Å². The lowest BCUT2D eigenvalue weighted by atomic mass is 10.1. The smallest absolute Gasteiger partial charge is 0.318 e. The van der Waals surface area contributed by atoms with Crippen LogP contribution in [0.25, 0.3) is 0 Å². The zero-order valence-electron chi connectivity index (χ0n) is 15.1. The van der Waals surface area contributed by atoms with Crippen LogP contribution in [-0.2, 0) is 19.5 Å². The third-order valence-corrected chi connectivity index (χ3v) is 5.12. The summed E-state index contributed by atoms with van der Waals surface area (Å²) in [5.41, 5.74) is 3.43. The summed E-state index contributed by atoms with van der Waals surface area (Å²) in [5, 5.41) is 3.07. The van der Waals surface area contributed by atoms with Gasteiger partial charge in [0.15, 0.2) is 0 Å². The molecule has 0 atom stereocenters. The molecule has 27 heavy (non-hydrogen) atoms. The maximum atomic E-state index is 12.8. The number of halogens is 1. The van der Waals surface area contributed by atoms with Crippen LogP contribution in [0.3, 0.4) is 0 Å². The number of benzene rings is 3. The zero-order chi connectivity index (χ0) is 18.9. The molecule has 0 heterocycles. The van der Waals surface area contributed by atoms with Gasteiger partial charge in [-0.3, -0.25) is 0 Å².